The molecule has 0 saturated heterocycles. The van der Waals surface area contributed by atoms with Gasteiger partial charge in [-0.25, -0.2) is 35.0 Å². The smallest absolute Gasteiger partial charge is 0.333 e. The van der Waals surface area contributed by atoms with Crippen LogP contribution in [-0.2, 0) is 33.6 Å². The molecule has 3 fully saturated rings. The molecule has 9 N–H and O–H groups in total. The molecule has 30 heteroatoms. The molecule has 6 heterocycles. The largest absolute Gasteiger partial charge is 0.507 e. The number of nitrogens with one attached hydrogen (secondary N) is 3. The van der Waals surface area contributed by atoms with E-state index >= 15 is 0 Å². The standard InChI is InChI=1S/C23H24IN3O3S.C22H23IN4O6S2.C17H20ClN3O2S.C6H5IO/c1-14-6-17(8-16(14)10-28)27-23-18(9-25-13-26-23)22(29)21-7-15(12-31-21)11-30-20-5-3-2-4-19(20)24;23-17-3-1-2-4-19(17)32-9-13-5-20(34-11-13)21(29)16-8-25-12-26-22(16)27-15-6-14(18(28)7-15)10-33-35(24,30)31;1-10-2-13(4-12(10)7-22)21-17-14(6-19-9-20-17)16(23)15-3-11(5-18)8-24-15;7-5-3-1-2-4-6(5)8/h2-5,7,9,12-14,16-17,28H,6,8,10-11H2,1H3,(H,25,26,27);1-5,8,11-12,14-15,18,28H,6-7,9-10H2,(H2,24,30,31)(H,25,26,27);3,6,8-10,12-13,22H,2,4-5,7H2,1H3,(H,19,20,21);1-4,8H/t14-,16+,17-;14-,15-,18+;10-,12+,13-;/m010./s1. The number of rotatable bonds is 24. The fourth-order valence-corrected chi connectivity index (χ4v) is 16.1. The summed E-state index contributed by atoms with van der Waals surface area (Å²) in [5.74, 6) is 4.46. The number of benzene rings is 3. The zero-order valence-electron chi connectivity index (χ0n) is 53.0. The molecular formula is C68H72ClI3N10O12S4. The molecule has 0 unspecified atom stereocenters. The van der Waals surface area contributed by atoms with Gasteiger partial charge in [0, 0.05) is 72.9 Å². The van der Waals surface area contributed by atoms with E-state index in [1.54, 1.807) is 30.6 Å². The highest BCUT2D eigenvalue weighted by Gasteiger charge is 2.36. The Morgan fingerprint density at radius 2 is 0.949 bits per heavy atom. The second kappa shape index (κ2) is 37.1. The summed E-state index contributed by atoms with van der Waals surface area (Å²) < 4.78 is 41.4. The average molecular weight is 1770 g/mol. The zero-order chi connectivity index (χ0) is 69.9. The Hall–Kier alpha value is -5.96. The molecule has 3 aliphatic rings. The highest BCUT2D eigenvalue weighted by molar-refractivity contribution is 14.1. The molecule has 0 spiro atoms. The lowest BCUT2D eigenvalue weighted by molar-refractivity contribution is 0.100. The number of halogens is 4. The predicted molar refractivity (Wildman–Crippen MR) is 405 cm³/mol. The van der Waals surface area contributed by atoms with Crippen molar-refractivity contribution in [2.24, 2.45) is 34.7 Å². The van der Waals surface area contributed by atoms with Gasteiger partial charge in [-0.3, -0.25) is 18.6 Å². The quantitative estimate of drug-likeness (QED) is 0.0158. The number of ether oxygens (including phenoxy) is 2. The van der Waals surface area contributed by atoms with Crippen LogP contribution in [0.25, 0.3) is 0 Å². The number of anilines is 3. The maximum atomic E-state index is 13.2. The Bertz CT molecular complexity index is 4230. The first-order valence-corrected chi connectivity index (χ1v) is 38.9. The van der Waals surface area contributed by atoms with Crippen molar-refractivity contribution in [1.82, 2.24) is 29.9 Å². The number of ketones is 3. The molecule has 6 aromatic heterocycles. The second-order valence-corrected chi connectivity index (χ2v) is 31.4. The van der Waals surface area contributed by atoms with Gasteiger partial charge in [-0.1, -0.05) is 50.2 Å². The molecule has 0 radical (unpaired) electrons. The maximum Gasteiger partial charge on any atom is 0.333 e. The Morgan fingerprint density at radius 3 is 1.31 bits per heavy atom. The third-order valence-electron chi connectivity index (χ3n) is 16.7. The zero-order valence-corrected chi connectivity index (χ0v) is 63.5. The number of hydrogen-bond acceptors (Lipinski definition) is 24. The number of aromatic nitrogens is 6. The topological polar surface area (TPSA) is 333 Å². The van der Waals surface area contributed by atoms with Crippen LogP contribution in [-0.4, -0.2) is 120 Å². The number of carbonyl (C=O) groups is 3. The van der Waals surface area contributed by atoms with Crippen molar-refractivity contribution in [2.75, 3.05) is 35.8 Å². The van der Waals surface area contributed by atoms with Crippen LogP contribution in [0.3, 0.4) is 0 Å². The molecule has 98 heavy (non-hydrogen) atoms. The van der Waals surface area contributed by atoms with Crippen molar-refractivity contribution in [3.05, 3.63) is 203 Å². The number of para-hydroxylation sites is 3. The molecule has 518 valence electrons. The predicted octanol–water partition coefficient (Wildman–Crippen LogP) is 12.8. The van der Waals surface area contributed by atoms with Crippen LogP contribution in [0.4, 0.5) is 17.5 Å². The van der Waals surface area contributed by atoms with Gasteiger partial charge >= 0.3 is 10.3 Å². The summed E-state index contributed by atoms with van der Waals surface area (Å²) >= 11 is 16.4. The molecule has 3 aromatic carbocycles. The summed E-state index contributed by atoms with van der Waals surface area (Å²) in [5, 5.41) is 58.7. The van der Waals surface area contributed by atoms with Gasteiger partial charge in [-0.05, 0) is 206 Å². The summed E-state index contributed by atoms with van der Waals surface area (Å²) in [6.07, 6.45) is 12.5. The van der Waals surface area contributed by atoms with E-state index in [1.807, 2.05) is 88.9 Å². The normalized spacial score (nSPS) is 20.1. The van der Waals surface area contributed by atoms with E-state index in [-0.39, 0.29) is 61.2 Å². The first kappa shape index (κ1) is 76.2. The van der Waals surface area contributed by atoms with Gasteiger partial charge < -0.3 is 45.9 Å². The van der Waals surface area contributed by atoms with Crippen LogP contribution in [0, 0.1) is 40.3 Å². The lowest BCUT2D eigenvalue weighted by atomic mass is 10.00. The van der Waals surface area contributed by atoms with Gasteiger partial charge in [0.25, 0.3) is 0 Å². The third kappa shape index (κ3) is 21.8. The Morgan fingerprint density at radius 1 is 0.571 bits per heavy atom. The van der Waals surface area contributed by atoms with Gasteiger partial charge in [-0.15, -0.1) is 45.6 Å². The lowest BCUT2D eigenvalue weighted by Crippen LogP contribution is -2.24. The van der Waals surface area contributed by atoms with Gasteiger partial charge in [0.2, 0.25) is 17.3 Å². The van der Waals surface area contributed by atoms with Crippen molar-refractivity contribution < 1.29 is 56.9 Å². The van der Waals surface area contributed by atoms with E-state index in [0.29, 0.717) is 104 Å². The summed E-state index contributed by atoms with van der Waals surface area (Å²) in [4.78, 5) is 65.9. The van der Waals surface area contributed by atoms with Crippen LogP contribution in [0.15, 0.2) is 145 Å². The lowest BCUT2D eigenvalue weighted by Gasteiger charge is -2.15. The molecule has 9 atom stereocenters. The number of aliphatic hydroxyl groups excluding tert-OH is 3. The summed E-state index contributed by atoms with van der Waals surface area (Å²) in [7, 11) is -4.09. The number of phenolic OH excluding ortho intramolecular Hbond substituents is 1. The maximum absolute atomic E-state index is 13.2. The summed E-state index contributed by atoms with van der Waals surface area (Å²) in [5.41, 5.74) is 4.01. The minimum absolute atomic E-state index is 0.0933. The Balaban J connectivity index is 0.000000164. The van der Waals surface area contributed by atoms with Crippen LogP contribution >= 0.6 is 113 Å². The highest BCUT2D eigenvalue weighted by Crippen LogP contribution is 2.37. The number of hydrogen-bond donors (Lipinski definition) is 8. The van der Waals surface area contributed by atoms with Gasteiger partial charge in [-0.2, -0.15) is 8.42 Å². The van der Waals surface area contributed by atoms with Crippen molar-refractivity contribution in [2.45, 2.75) is 95.7 Å². The SMILES string of the molecule is C[C@H]1C[C@H](Nc2ncncc2C(=O)c2cc(CCl)cs2)C[C@@H]1CO.C[C@H]1C[C@H](Nc2ncncc2C(=O)c2cc(COc3ccccc3I)cs2)C[C@@H]1CO.NS(=O)(=O)OC[C@H]1C[C@@H](Nc2ncncc2C(=O)c2cc(COc3ccccc3I)cs2)C[C@@H]1O.Oc1ccccc1I. The van der Waals surface area contributed by atoms with Crippen LogP contribution in [0.5, 0.6) is 17.2 Å². The first-order valence-electron chi connectivity index (χ1n) is 31.0. The summed E-state index contributed by atoms with van der Waals surface area (Å²) in [6, 6.07) is 28.4. The number of alkyl halides is 1. The van der Waals surface area contributed by atoms with Gasteiger partial charge in [0.05, 0.1) is 54.7 Å². The van der Waals surface area contributed by atoms with E-state index < -0.39 is 22.3 Å². The molecular weight excluding hydrogens is 1690 g/mol. The van der Waals surface area contributed by atoms with E-state index in [2.05, 4.69) is 132 Å². The molecule has 0 aliphatic heterocycles. The third-order valence-corrected chi connectivity index (χ3v) is 23.1. The number of nitrogens with two attached hydrogens (primary N) is 1. The van der Waals surface area contributed by atoms with E-state index in [0.717, 1.165) is 64.6 Å². The molecule has 22 nitrogen and oxygen atoms in total. The number of aromatic hydroxyl groups is 1. The summed E-state index contributed by atoms with van der Waals surface area (Å²) in [6.45, 7) is 5.22. The number of nitrogens with zero attached hydrogens (tertiary/aromatic N) is 6. The molecule has 12 rings (SSSR count). The van der Waals surface area contributed by atoms with Crippen molar-refractivity contribution in [3.8, 4) is 17.2 Å². The molecule has 0 amide bonds. The van der Waals surface area contributed by atoms with E-state index in [1.165, 1.54) is 59.2 Å². The number of phenols is 1. The number of aliphatic hydroxyl groups is 3. The Labute approximate surface area is 626 Å². The number of carbonyl (C=O) groups excluding carboxylic acids is 3. The molecule has 9 aromatic rings. The van der Waals surface area contributed by atoms with Gasteiger partial charge in [0.15, 0.2) is 0 Å². The number of thiophene rings is 3. The van der Waals surface area contributed by atoms with Crippen molar-refractivity contribution in [3.63, 3.8) is 0 Å². The average Bonchev–Trinajstić information content (AvgIpc) is 1.61. The van der Waals surface area contributed by atoms with Crippen LogP contribution < -0.4 is 30.6 Å². The van der Waals surface area contributed by atoms with Crippen molar-refractivity contribution >= 4 is 158 Å². The molecule has 3 aliphatic carbocycles. The van der Waals surface area contributed by atoms with Crippen molar-refractivity contribution in [1.29, 1.82) is 0 Å². The second-order valence-electron chi connectivity index (χ2n) is 23.7. The first-order chi connectivity index (χ1) is 47.2. The monoisotopic (exact) mass is 1760 g/mol. The minimum atomic E-state index is -4.09. The highest BCUT2D eigenvalue weighted by atomic mass is 127. The molecule has 0 bridgehead atoms. The van der Waals surface area contributed by atoms with E-state index in [4.69, 9.17) is 31.3 Å². The molecule has 3 saturated carbocycles. The minimum Gasteiger partial charge on any atom is -0.507 e. The van der Waals surface area contributed by atoms with Gasteiger partial charge in [0.1, 0.15) is 66.9 Å². The van der Waals surface area contributed by atoms with E-state index in [9.17, 15) is 38.1 Å². The fourth-order valence-electron chi connectivity index (χ4n) is 11.4. The Kier molecular flexibility index (Phi) is 28.9. The van der Waals surface area contributed by atoms with Crippen LogP contribution in [0.2, 0.25) is 0 Å². The van der Waals surface area contributed by atoms with Crippen LogP contribution in [0.1, 0.15) is 115 Å². The fraction of sp³-hybridized carbons (Fsp3) is 0.338.